The Kier molecular flexibility index (Phi) is 8.16. The molecule has 5 rings (SSSR count). The molecular weight excluding hydrogens is 574 g/mol. The Morgan fingerprint density at radius 3 is 2.52 bits per heavy atom. The molecule has 1 heterocycles. The third-order valence-electron chi connectivity index (χ3n) is 10.8. The van der Waals surface area contributed by atoms with Gasteiger partial charge in [-0.05, 0) is 73.6 Å². The van der Waals surface area contributed by atoms with E-state index in [1.807, 2.05) is 19.9 Å². The number of hydrogen-bond acceptors (Lipinski definition) is 8. The lowest BCUT2D eigenvalue weighted by Crippen LogP contribution is -2.69. The number of ketones is 1. The van der Waals surface area contributed by atoms with Crippen LogP contribution in [0.15, 0.2) is 40.2 Å². The molecule has 42 heavy (non-hydrogen) atoms. The molecule has 0 unspecified atom stereocenters. The summed E-state index contributed by atoms with van der Waals surface area (Å²) < 4.78 is 11.4. The van der Waals surface area contributed by atoms with Crippen molar-refractivity contribution in [1.82, 2.24) is 0 Å². The summed E-state index contributed by atoms with van der Waals surface area (Å²) >= 11 is 9.32. The molecule has 4 aliphatic rings. The zero-order chi connectivity index (χ0) is 30.7. The van der Waals surface area contributed by atoms with E-state index in [1.54, 1.807) is 25.2 Å². The summed E-state index contributed by atoms with van der Waals surface area (Å²) in [4.78, 5) is 42.7. The summed E-state index contributed by atoms with van der Waals surface area (Å²) in [6, 6.07) is 2.06. The molecule has 8 atom stereocenters. The number of ether oxygens (including phenoxy) is 2. The number of esters is 2. The molecule has 0 radical (unpaired) electrons. The standard InChI is InChI=1S/C33H42ClNO6S/c1-7-28(38)40-17-26(37)33(41-29(39)8-2)20(4)14-24-23-10-9-21-15-22(35-27-13-19(3)18-42-27)11-12-30(21,5)32(23,34)25(36)16-31(24,33)6/h11-13,15,18,20,23-25,36H,7-10,14,16-17H2,1-6H3/b35-22+/t20-,23-,24-,25-,30-,31-,32-,33+/m0/s1. The molecule has 4 aliphatic carbocycles. The molecule has 0 aromatic carbocycles. The summed E-state index contributed by atoms with van der Waals surface area (Å²) in [7, 11) is 0. The van der Waals surface area contributed by atoms with E-state index in [2.05, 4.69) is 37.4 Å². The number of rotatable bonds is 7. The number of aliphatic hydroxyl groups excluding tert-OH is 1. The summed E-state index contributed by atoms with van der Waals surface area (Å²) in [5.74, 6) is -1.99. The van der Waals surface area contributed by atoms with Gasteiger partial charge in [0, 0.05) is 29.6 Å². The number of carbonyl (C=O) groups excluding carboxylic acids is 3. The lowest BCUT2D eigenvalue weighted by Gasteiger charge is -2.64. The van der Waals surface area contributed by atoms with Crippen LogP contribution < -0.4 is 0 Å². The number of halogens is 1. The number of allylic oxidation sites excluding steroid dienone is 4. The van der Waals surface area contributed by atoms with Crippen LogP contribution in [0.4, 0.5) is 5.00 Å². The van der Waals surface area contributed by atoms with Gasteiger partial charge in [0.2, 0.25) is 5.78 Å². The predicted molar refractivity (Wildman–Crippen MR) is 164 cm³/mol. The molecule has 228 valence electrons. The van der Waals surface area contributed by atoms with E-state index in [0.717, 1.165) is 29.1 Å². The van der Waals surface area contributed by atoms with Crippen molar-refractivity contribution in [2.45, 2.75) is 96.6 Å². The van der Waals surface area contributed by atoms with Gasteiger partial charge >= 0.3 is 11.9 Å². The van der Waals surface area contributed by atoms with Crippen LogP contribution in [0.3, 0.4) is 0 Å². The molecule has 0 aliphatic heterocycles. The van der Waals surface area contributed by atoms with Crippen molar-refractivity contribution in [3.63, 3.8) is 0 Å². The van der Waals surface area contributed by atoms with E-state index < -0.39 is 51.7 Å². The van der Waals surface area contributed by atoms with Crippen molar-refractivity contribution in [3.05, 3.63) is 40.8 Å². The van der Waals surface area contributed by atoms with Gasteiger partial charge in [-0.2, -0.15) is 0 Å². The first-order valence-corrected chi connectivity index (χ1v) is 16.3. The molecule has 0 saturated heterocycles. The van der Waals surface area contributed by atoms with Crippen molar-refractivity contribution in [1.29, 1.82) is 0 Å². The molecule has 1 aromatic rings. The van der Waals surface area contributed by atoms with E-state index in [4.69, 9.17) is 26.1 Å². The lowest BCUT2D eigenvalue weighted by molar-refractivity contribution is -0.203. The summed E-state index contributed by atoms with van der Waals surface area (Å²) in [6.07, 6.45) is 7.77. The third kappa shape index (κ3) is 4.46. The van der Waals surface area contributed by atoms with Gasteiger partial charge < -0.3 is 14.6 Å². The maximum atomic E-state index is 14.0. The Morgan fingerprint density at radius 1 is 1.17 bits per heavy atom. The summed E-state index contributed by atoms with van der Waals surface area (Å²) in [5, 5.41) is 15.1. The second kappa shape index (κ2) is 11.0. The fourth-order valence-corrected chi connectivity index (χ4v) is 10.00. The monoisotopic (exact) mass is 615 g/mol. The molecule has 3 saturated carbocycles. The number of thiophene rings is 1. The molecular formula is C33H42ClNO6S. The van der Waals surface area contributed by atoms with Crippen molar-refractivity contribution in [2.75, 3.05) is 6.61 Å². The molecule has 7 nitrogen and oxygen atoms in total. The fraction of sp³-hybridized carbons (Fsp3) is 0.636. The second-order valence-corrected chi connectivity index (χ2v) is 14.5. The first-order valence-electron chi connectivity index (χ1n) is 15.1. The highest BCUT2D eigenvalue weighted by Gasteiger charge is 2.76. The van der Waals surface area contributed by atoms with E-state index in [-0.39, 0.29) is 37.0 Å². The van der Waals surface area contributed by atoms with Gasteiger partial charge in [-0.1, -0.05) is 46.3 Å². The smallest absolute Gasteiger partial charge is 0.306 e. The minimum Gasteiger partial charge on any atom is -0.457 e. The van der Waals surface area contributed by atoms with Crippen molar-refractivity contribution < 1.29 is 29.0 Å². The average molecular weight is 616 g/mol. The van der Waals surface area contributed by atoms with Crippen LogP contribution in [-0.4, -0.2) is 51.7 Å². The normalized spacial score (nSPS) is 39.6. The third-order valence-corrected chi connectivity index (χ3v) is 12.6. The molecule has 1 aromatic heterocycles. The summed E-state index contributed by atoms with van der Waals surface area (Å²) in [6.45, 7) is 10.9. The van der Waals surface area contributed by atoms with Crippen molar-refractivity contribution in [3.8, 4) is 0 Å². The number of aliphatic hydroxyl groups is 1. The van der Waals surface area contributed by atoms with E-state index >= 15 is 0 Å². The molecule has 1 N–H and O–H groups in total. The van der Waals surface area contributed by atoms with Gasteiger partial charge in [-0.3, -0.25) is 14.4 Å². The van der Waals surface area contributed by atoms with E-state index in [0.29, 0.717) is 6.42 Å². The fourth-order valence-electron chi connectivity index (χ4n) is 8.69. The van der Waals surface area contributed by atoms with Crippen LogP contribution in [0.1, 0.15) is 78.7 Å². The number of hydrogen-bond donors (Lipinski definition) is 1. The van der Waals surface area contributed by atoms with Crippen molar-refractivity contribution in [2.24, 2.45) is 33.6 Å². The highest BCUT2D eigenvalue weighted by molar-refractivity contribution is 7.14. The zero-order valence-corrected chi connectivity index (χ0v) is 26.9. The molecule has 0 spiro atoms. The first-order chi connectivity index (χ1) is 19.8. The minimum absolute atomic E-state index is 0.0974. The van der Waals surface area contributed by atoms with Crippen molar-refractivity contribution >= 4 is 51.4 Å². The number of alkyl halides is 1. The van der Waals surface area contributed by atoms with Gasteiger partial charge in [-0.15, -0.1) is 22.9 Å². The second-order valence-electron chi connectivity index (χ2n) is 13.0. The van der Waals surface area contributed by atoms with Crippen LogP contribution in [0.25, 0.3) is 0 Å². The maximum Gasteiger partial charge on any atom is 0.306 e. The number of nitrogens with zero attached hydrogens (tertiary/aromatic N) is 1. The highest BCUT2D eigenvalue weighted by Crippen LogP contribution is 2.72. The first kappa shape index (κ1) is 31.1. The van der Waals surface area contributed by atoms with Crippen LogP contribution in [0.2, 0.25) is 0 Å². The summed E-state index contributed by atoms with van der Waals surface area (Å²) in [5.41, 5.74) is 0.135. The number of Topliss-reactive ketones (excluding diaryl/α,β-unsaturated/α-hetero) is 1. The van der Waals surface area contributed by atoms with Crippen LogP contribution in [0, 0.1) is 35.5 Å². The van der Waals surface area contributed by atoms with Crippen LogP contribution >= 0.6 is 22.9 Å². The van der Waals surface area contributed by atoms with Gasteiger partial charge in [0.15, 0.2) is 12.2 Å². The Balaban J connectivity index is 1.53. The highest BCUT2D eigenvalue weighted by atomic mass is 35.5. The number of aliphatic imine (C=N–C) groups is 1. The van der Waals surface area contributed by atoms with Gasteiger partial charge in [0.25, 0.3) is 0 Å². The van der Waals surface area contributed by atoms with E-state index in [1.165, 1.54) is 5.56 Å². The molecule has 0 bridgehead atoms. The Morgan fingerprint density at radius 2 is 1.88 bits per heavy atom. The topological polar surface area (TPSA) is 102 Å². The number of carbonyl (C=O) groups is 3. The Hall–Kier alpha value is -2.29. The van der Waals surface area contributed by atoms with Crippen LogP contribution in [-0.2, 0) is 23.9 Å². The molecule has 0 amide bonds. The number of fused-ring (bicyclic) bond motifs is 5. The van der Waals surface area contributed by atoms with Gasteiger partial charge in [-0.25, -0.2) is 4.99 Å². The average Bonchev–Trinajstić information content (AvgIpc) is 3.45. The number of aryl methyl sites for hydroxylation is 1. The zero-order valence-electron chi connectivity index (χ0n) is 25.4. The van der Waals surface area contributed by atoms with Gasteiger partial charge in [0.05, 0.1) is 16.7 Å². The maximum absolute atomic E-state index is 14.0. The SMILES string of the molecule is CCC(=O)OCC(=O)[C@]1(OC(=O)CC)[C@@H](C)C[C@H]2[C@@H]3CCC4=C/C(=N/c5cc(C)cs5)C=C[C@]4(C)[C@@]3(Cl)[C@@H](O)C[C@@]21C. The molecule has 3 fully saturated rings. The lowest BCUT2D eigenvalue weighted by atomic mass is 9.45. The van der Waals surface area contributed by atoms with Gasteiger partial charge in [0.1, 0.15) is 5.00 Å². The van der Waals surface area contributed by atoms with E-state index in [9.17, 15) is 19.5 Å². The molecule has 9 heteroatoms. The predicted octanol–water partition coefficient (Wildman–Crippen LogP) is 6.66. The van der Waals surface area contributed by atoms with Crippen LogP contribution in [0.5, 0.6) is 0 Å². The largest absolute Gasteiger partial charge is 0.457 e. The Bertz CT molecular complexity index is 1380. The quantitative estimate of drug-likeness (QED) is 0.272. The minimum atomic E-state index is -1.53. The Labute approximate surface area is 257 Å².